The van der Waals surface area contributed by atoms with Gasteiger partial charge in [0.15, 0.2) is 6.61 Å². The van der Waals surface area contributed by atoms with E-state index in [1.165, 1.54) is 19.1 Å². The van der Waals surface area contributed by atoms with Crippen LogP contribution in [-0.4, -0.2) is 58.3 Å². The van der Waals surface area contributed by atoms with Crippen molar-refractivity contribution in [2.75, 3.05) is 45.4 Å². The fraction of sp³-hybridized carbons (Fsp3) is 0.500. The van der Waals surface area contributed by atoms with Crippen LogP contribution in [0.3, 0.4) is 0 Å². The SMILES string of the molecule is COCCNC(=O)COC(=O)[C@@H]1CC(=O)N(c2cc(C)ccc2OC)C1. The van der Waals surface area contributed by atoms with Gasteiger partial charge < -0.3 is 24.4 Å². The number of hydrogen-bond acceptors (Lipinski definition) is 6. The molecule has 26 heavy (non-hydrogen) atoms. The first-order valence-electron chi connectivity index (χ1n) is 8.33. The van der Waals surface area contributed by atoms with E-state index in [2.05, 4.69) is 5.32 Å². The first-order chi connectivity index (χ1) is 12.5. The van der Waals surface area contributed by atoms with E-state index in [-0.39, 0.29) is 25.5 Å². The molecule has 0 aromatic heterocycles. The van der Waals surface area contributed by atoms with Crippen molar-refractivity contribution in [2.45, 2.75) is 13.3 Å². The number of esters is 1. The van der Waals surface area contributed by atoms with E-state index in [1.807, 2.05) is 19.1 Å². The minimum Gasteiger partial charge on any atom is -0.495 e. The van der Waals surface area contributed by atoms with Crippen LogP contribution in [-0.2, 0) is 23.9 Å². The molecule has 0 spiro atoms. The smallest absolute Gasteiger partial charge is 0.311 e. The van der Waals surface area contributed by atoms with Gasteiger partial charge in [-0.25, -0.2) is 0 Å². The van der Waals surface area contributed by atoms with Gasteiger partial charge in [0, 0.05) is 26.6 Å². The second-order valence-corrected chi connectivity index (χ2v) is 6.03. The fourth-order valence-electron chi connectivity index (χ4n) is 2.71. The number of carbonyl (C=O) groups excluding carboxylic acids is 3. The molecule has 0 unspecified atom stereocenters. The van der Waals surface area contributed by atoms with Gasteiger partial charge in [0.2, 0.25) is 5.91 Å². The summed E-state index contributed by atoms with van der Waals surface area (Å²) in [4.78, 5) is 37.6. The third-order valence-electron chi connectivity index (χ3n) is 4.06. The lowest BCUT2D eigenvalue weighted by Gasteiger charge is -2.20. The standard InChI is InChI=1S/C18H24N2O6/c1-12-4-5-15(25-3)14(8-12)20-10-13(9-17(20)22)18(23)26-11-16(21)19-6-7-24-2/h4-5,8,13H,6-7,9-11H2,1-3H3,(H,19,21)/t13-/m1/s1. The second kappa shape index (κ2) is 9.19. The Morgan fingerprint density at radius 2 is 2.08 bits per heavy atom. The Labute approximate surface area is 152 Å². The predicted octanol–water partition coefficient (Wildman–Crippen LogP) is 0.662. The van der Waals surface area contributed by atoms with Crippen LogP contribution in [0.5, 0.6) is 5.75 Å². The van der Waals surface area contributed by atoms with Gasteiger partial charge in [-0.2, -0.15) is 0 Å². The van der Waals surface area contributed by atoms with Crippen LogP contribution in [0.25, 0.3) is 0 Å². The number of anilines is 1. The van der Waals surface area contributed by atoms with Crippen molar-refractivity contribution in [1.29, 1.82) is 0 Å². The van der Waals surface area contributed by atoms with Gasteiger partial charge in [0.25, 0.3) is 5.91 Å². The lowest BCUT2D eigenvalue weighted by atomic mass is 10.1. The predicted molar refractivity (Wildman–Crippen MR) is 94.0 cm³/mol. The Morgan fingerprint density at radius 1 is 1.31 bits per heavy atom. The monoisotopic (exact) mass is 364 g/mol. The molecule has 0 saturated carbocycles. The van der Waals surface area contributed by atoms with E-state index in [9.17, 15) is 14.4 Å². The highest BCUT2D eigenvalue weighted by atomic mass is 16.5. The first-order valence-corrected chi connectivity index (χ1v) is 8.33. The van der Waals surface area contributed by atoms with E-state index in [4.69, 9.17) is 14.2 Å². The molecule has 1 aromatic rings. The molecule has 0 bridgehead atoms. The van der Waals surface area contributed by atoms with Crippen molar-refractivity contribution in [3.8, 4) is 5.75 Å². The number of benzene rings is 1. The summed E-state index contributed by atoms with van der Waals surface area (Å²) in [5.74, 6) is -1.19. The van der Waals surface area contributed by atoms with Crippen LogP contribution in [0.2, 0.25) is 0 Å². The van der Waals surface area contributed by atoms with Crippen LogP contribution in [0.15, 0.2) is 18.2 Å². The van der Waals surface area contributed by atoms with Gasteiger partial charge in [-0.1, -0.05) is 6.07 Å². The largest absolute Gasteiger partial charge is 0.495 e. The Hall–Kier alpha value is -2.61. The van der Waals surface area contributed by atoms with Crippen LogP contribution in [0, 0.1) is 12.8 Å². The molecule has 0 aliphatic carbocycles. The number of hydrogen-bond donors (Lipinski definition) is 1. The molecular weight excluding hydrogens is 340 g/mol. The van der Waals surface area contributed by atoms with Crippen molar-refractivity contribution < 1.29 is 28.6 Å². The maximum Gasteiger partial charge on any atom is 0.311 e. The summed E-state index contributed by atoms with van der Waals surface area (Å²) < 4.78 is 15.2. The lowest BCUT2D eigenvalue weighted by Crippen LogP contribution is -2.33. The number of ether oxygens (including phenoxy) is 3. The highest BCUT2D eigenvalue weighted by Crippen LogP contribution is 2.34. The highest BCUT2D eigenvalue weighted by Gasteiger charge is 2.37. The number of amides is 2. The number of nitrogens with one attached hydrogen (secondary N) is 1. The molecule has 142 valence electrons. The fourth-order valence-corrected chi connectivity index (χ4v) is 2.71. The number of carbonyl (C=O) groups is 3. The summed E-state index contributed by atoms with van der Waals surface area (Å²) in [6.07, 6.45) is 0.0429. The molecule has 1 fully saturated rings. The van der Waals surface area contributed by atoms with E-state index >= 15 is 0 Å². The highest BCUT2D eigenvalue weighted by molar-refractivity contribution is 6.00. The van der Waals surface area contributed by atoms with Crippen molar-refractivity contribution in [3.05, 3.63) is 23.8 Å². The molecule has 8 heteroatoms. The second-order valence-electron chi connectivity index (χ2n) is 6.03. The zero-order chi connectivity index (χ0) is 19.1. The molecule has 8 nitrogen and oxygen atoms in total. The zero-order valence-corrected chi connectivity index (χ0v) is 15.2. The molecule has 1 aliphatic heterocycles. The molecule has 1 heterocycles. The summed E-state index contributed by atoms with van der Waals surface area (Å²) in [7, 11) is 3.06. The van der Waals surface area contributed by atoms with Gasteiger partial charge in [0.1, 0.15) is 5.75 Å². The van der Waals surface area contributed by atoms with Crippen LogP contribution < -0.4 is 15.0 Å². The molecule has 1 atom stereocenters. The van der Waals surface area contributed by atoms with Crippen LogP contribution >= 0.6 is 0 Å². The summed E-state index contributed by atoms with van der Waals surface area (Å²) in [5, 5.41) is 2.56. The van der Waals surface area contributed by atoms with Gasteiger partial charge >= 0.3 is 5.97 Å². The quantitative estimate of drug-likeness (QED) is 0.538. The van der Waals surface area contributed by atoms with E-state index in [0.717, 1.165) is 5.56 Å². The molecule has 1 N–H and O–H groups in total. The van der Waals surface area contributed by atoms with Gasteiger partial charge in [-0.3, -0.25) is 14.4 Å². The number of rotatable bonds is 8. The molecule has 1 aromatic carbocycles. The summed E-state index contributed by atoms with van der Waals surface area (Å²) in [5.41, 5.74) is 1.61. The van der Waals surface area contributed by atoms with Crippen molar-refractivity contribution in [2.24, 2.45) is 5.92 Å². The van der Waals surface area contributed by atoms with Gasteiger partial charge in [-0.15, -0.1) is 0 Å². The van der Waals surface area contributed by atoms with Crippen molar-refractivity contribution in [1.82, 2.24) is 5.32 Å². The summed E-state index contributed by atoms with van der Waals surface area (Å²) in [6.45, 7) is 2.46. The molecule has 1 aliphatic rings. The van der Waals surface area contributed by atoms with E-state index in [0.29, 0.717) is 24.6 Å². The number of aryl methyl sites for hydroxylation is 1. The molecule has 0 radical (unpaired) electrons. The maximum absolute atomic E-state index is 12.4. The number of methoxy groups -OCH3 is 2. The van der Waals surface area contributed by atoms with Gasteiger partial charge in [-0.05, 0) is 24.6 Å². The van der Waals surface area contributed by atoms with E-state index < -0.39 is 17.8 Å². The Morgan fingerprint density at radius 3 is 2.77 bits per heavy atom. The Kier molecular flexibility index (Phi) is 6.97. The van der Waals surface area contributed by atoms with Crippen molar-refractivity contribution in [3.63, 3.8) is 0 Å². The summed E-state index contributed by atoms with van der Waals surface area (Å²) >= 11 is 0. The minimum atomic E-state index is -0.612. The average Bonchev–Trinajstić information content (AvgIpc) is 3.01. The van der Waals surface area contributed by atoms with Crippen LogP contribution in [0.1, 0.15) is 12.0 Å². The zero-order valence-electron chi connectivity index (χ0n) is 15.2. The number of nitrogens with zero attached hydrogens (tertiary/aromatic N) is 1. The van der Waals surface area contributed by atoms with E-state index in [1.54, 1.807) is 6.07 Å². The minimum absolute atomic E-state index is 0.0429. The van der Waals surface area contributed by atoms with Gasteiger partial charge in [0.05, 0.1) is 25.3 Å². The third kappa shape index (κ3) is 4.95. The Bertz CT molecular complexity index is 676. The summed E-state index contributed by atoms with van der Waals surface area (Å²) in [6, 6.07) is 5.51. The molecular formula is C18H24N2O6. The lowest BCUT2D eigenvalue weighted by molar-refractivity contribution is -0.152. The topological polar surface area (TPSA) is 94.2 Å². The average molecular weight is 364 g/mol. The molecule has 2 rings (SSSR count). The normalized spacial score (nSPS) is 16.5. The maximum atomic E-state index is 12.4. The third-order valence-corrected chi connectivity index (χ3v) is 4.06. The molecule has 2 amide bonds. The first kappa shape index (κ1) is 19.7. The molecule has 1 saturated heterocycles. The van der Waals surface area contributed by atoms with Crippen molar-refractivity contribution >= 4 is 23.5 Å². The van der Waals surface area contributed by atoms with Crippen LogP contribution in [0.4, 0.5) is 5.69 Å². The Balaban J connectivity index is 1.94.